The Labute approximate surface area is 178 Å². The van der Waals surface area contributed by atoms with Gasteiger partial charge in [0.15, 0.2) is 11.0 Å². The summed E-state index contributed by atoms with van der Waals surface area (Å²) >= 11 is 8.23. The van der Waals surface area contributed by atoms with Crippen LogP contribution in [0.15, 0.2) is 64.9 Å². The van der Waals surface area contributed by atoms with Gasteiger partial charge in [-0.1, -0.05) is 47.6 Å². The summed E-state index contributed by atoms with van der Waals surface area (Å²) in [5.41, 5.74) is 3.74. The average Bonchev–Trinajstić information content (AvgIpc) is 3.40. The molecule has 0 amide bonds. The van der Waals surface area contributed by atoms with E-state index in [0.29, 0.717) is 17.5 Å². The third kappa shape index (κ3) is 3.75. The van der Waals surface area contributed by atoms with E-state index in [2.05, 4.69) is 21.9 Å². The molecule has 0 radical (unpaired) electrons. The number of aryl methyl sites for hydroxylation is 2. The van der Waals surface area contributed by atoms with Crippen LogP contribution < -0.4 is 0 Å². The highest BCUT2D eigenvalue weighted by Crippen LogP contribution is 2.32. The molecule has 6 nitrogen and oxygen atoms in total. The van der Waals surface area contributed by atoms with Gasteiger partial charge in [0.2, 0.25) is 0 Å². The number of para-hydroxylation sites is 1. The lowest BCUT2D eigenvalue weighted by Gasteiger charge is -2.07. The van der Waals surface area contributed by atoms with Gasteiger partial charge in [-0.2, -0.15) is 5.10 Å². The molecule has 0 aliphatic rings. The van der Waals surface area contributed by atoms with Crippen LogP contribution in [0.2, 0.25) is 5.15 Å². The van der Waals surface area contributed by atoms with Gasteiger partial charge < -0.3 is 4.42 Å². The van der Waals surface area contributed by atoms with Crippen molar-refractivity contribution in [1.82, 2.24) is 24.5 Å². The van der Waals surface area contributed by atoms with Crippen molar-refractivity contribution in [1.29, 1.82) is 0 Å². The van der Waals surface area contributed by atoms with E-state index in [1.165, 1.54) is 0 Å². The van der Waals surface area contributed by atoms with Crippen LogP contribution in [0.3, 0.4) is 0 Å². The van der Waals surface area contributed by atoms with Gasteiger partial charge in [-0.3, -0.25) is 4.57 Å². The molecule has 148 valence electrons. The zero-order chi connectivity index (χ0) is 20.4. The molecule has 0 saturated heterocycles. The van der Waals surface area contributed by atoms with Gasteiger partial charge in [-0.15, -0.1) is 16.8 Å². The van der Waals surface area contributed by atoms with Gasteiger partial charge in [0.1, 0.15) is 10.9 Å². The maximum Gasteiger partial charge on any atom is 0.192 e. The molecule has 3 aromatic heterocycles. The summed E-state index contributed by atoms with van der Waals surface area (Å²) in [6.45, 7) is 8.34. The third-order valence-corrected chi connectivity index (χ3v) is 5.98. The van der Waals surface area contributed by atoms with Crippen LogP contribution in [0.4, 0.5) is 0 Å². The number of rotatable bonds is 7. The Morgan fingerprint density at radius 3 is 2.66 bits per heavy atom. The summed E-state index contributed by atoms with van der Waals surface area (Å²) in [4.78, 5) is 0. The van der Waals surface area contributed by atoms with E-state index in [1.807, 2.05) is 60.9 Å². The smallest absolute Gasteiger partial charge is 0.192 e. The molecule has 0 fully saturated rings. The number of allylic oxidation sites excluding steroid dienone is 1. The lowest BCUT2D eigenvalue weighted by Crippen LogP contribution is -2.01. The van der Waals surface area contributed by atoms with Gasteiger partial charge in [0.05, 0.1) is 23.2 Å². The predicted octanol–water partition coefficient (Wildman–Crippen LogP) is 5.47. The van der Waals surface area contributed by atoms with Gasteiger partial charge >= 0.3 is 0 Å². The Hall–Kier alpha value is -2.77. The average molecular weight is 426 g/mol. The fraction of sp³-hybridized carbons (Fsp3) is 0.190. The van der Waals surface area contributed by atoms with Crippen LogP contribution in [-0.4, -0.2) is 24.5 Å². The number of halogens is 1. The normalized spacial score (nSPS) is 11.1. The lowest BCUT2D eigenvalue weighted by atomic mass is 10.2. The molecule has 1 aromatic carbocycles. The Morgan fingerprint density at radius 1 is 1.17 bits per heavy atom. The van der Waals surface area contributed by atoms with Crippen LogP contribution >= 0.6 is 23.4 Å². The number of hydrogen-bond acceptors (Lipinski definition) is 5. The SMILES string of the molecule is C=CCn1c(SCc2c(C)nn(-c3ccccc3)c2Cl)nnc1-c1ccoc1C. The highest BCUT2D eigenvalue weighted by atomic mass is 35.5. The first-order valence-corrected chi connectivity index (χ1v) is 10.5. The molecule has 0 aliphatic heterocycles. The minimum absolute atomic E-state index is 0.602. The largest absolute Gasteiger partial charge is 0.469 e. The maximum atomic E-state index is 6.65. The van der Waals surface area contributed by atoms with Crippen molar-refractivity contribution in [3.63, 3.8) is 0 Å². The summed E-state index contributed by atoms with van der Waals surface area (Å²) in [5, 5.41) is 14.8. The Morgan fingerprint density at radius 2 is 1.97 bits per heavy atom. The van der Waals surface area contributed by atoms with Crippen molar-refractivity contribution < 1.29 is 4.42 Å². The number of hydrogen-bond donors (Lipinski definition) is 0. The highest BCUT2D eigenvalue weighted by Gasteiger charge is 2.19. The second kappa shape index (κ2) is 8.31. The molecular weight excluding hydrogens is 406 g/mol. The first-order valence-electron chi connectivity index (χ1n) is 9.11. The highest BCUT2D eigenvalue weighted by molar-refractivity contribution is 7.98. The number of aromatic nitrogens is 5. The first-order chi connectivity index (χ1) is 14.1. The second-order valence-electron chi connectivity index (χ2n) is 6.49. The molecule has 0 unspecified atom stereocenters. The Balaban J connectivity index is 1.62. The zero-order valence-electron chi connectivity index (χ0n) is 16.2. The van der Waals surface area contributed by atoms with Crippen LogP contribution in [-0.2, 0) is 12.3 Å². The van der Waals surface area contributed by atoms with Crippen molar-refractivity contribution in [2.75, 3.05) is 0 Å². The molecule has 0 spiro atoms. The summed E-state index contributed by atoms with van der Waals surface area (Å²) in [5.74, 6) is 2.21. The van der Waals surface area contributed by atoms with Gasteiger partial charge in [0.25, 0.3) is 0 Å². The van der Waals surface area contributed by atoms with Crippen molar-refractivity contribution in [3.05, 3.63) is 77.5 Å². The quantitative estimate of drug-likeness (QED) is 0.290. The summed E-state index contributed by atoms with van der Waals surface area (Å²) in [6.07, 6.45) is 3.49. The molecule has 0 N–H and O–H groups in total. The Bertz CT molecular complexity index is 1150. The molecule has 0 saturated carbocycles. The molecule has 8 heteroatoms. The molecule has 0 atom stereocenters. The molecule has 3 heterocycles. The van der Waals surface area contributed by atoms with Crippen molar-refractivity contribution in [2.24, 2.45) is 0 Å². The van der Waals surface area contributed by atoms with Crippen molar-refractivity contribution >= 4 is 23.4 Å². The predicted molar refractivity (Wildman–Crippen MR) is 116 cm³/mol. The monoisotopic (exact) mass is 425 g/mol. The Kier molecular flexibility index (Phi) is 5.60. The van der Waals surface area contributed by atoms with Crippen molar-refractivity contribution in [3.8, 4) is 17.1 Å². The van der Waals surface area contributed by atoms with E-state index in [0.717, 1.165) is 39.2 Å². The first kappa shape index (κ1) is 19.5. The number of nitrogens with zero attached hydrogens (tertiary/aromatic N) is 5. The number of furan rings is 1. The van der Waals surface area contributed by atoms with Gasteiger partial charge in [0, 0.05) is 17.9 Å². The fourth-order valence-corrected chi connectivity index (χ4v) is 4.53. The number of benzene rings is 1. The second-order valence-corrected chi connectivity index (χ2v) is 7.79. The van der Waals surface area contributed by atoms with E-state index in [4.69, 9.17) is 16.0 Å². The zero-order valence-corrected chi connectivity index (χ0v) is 17.7. The lowest BCUT2D eigenvalue weighted by molar-refractivity contribution is 0.534. The molecule has 0 bridgehead atoms. The maximum absolute atomic E-state index is 6.65. The summed E-state index contributed by atoms with van der Waals surface area (Å²) < 4.78 is 9.22. The van der Waals surface area contributed by atoms with Crippen LogP contribution in [0.1, 0.15) is 17.0 Å². The minimum atomic E-state index is 0.602. The van der Waals surface area contributed by atoms with E-state index < -0.39 is 0 Å². The molecule has 4 aromatic rings. The van der Waals surface area contributed by atoms with E-state index in [1.54, 1.807) is 22.7 Å². The van der Waals surface area contributed by atoms with Crippen molar-refractivity contribution in [2.45, 2.75) is 31.3 Å². The molecule has 29 heavy (non-hydrogen) atoms. The van der Waals surface area contributed by atoms with Gasteiger partial charge in [-0.05, 0) is 32.0 Å². The van der Waals surface area contributed by atoms with Gasteiger partial charge in [-0.25, -0.2) is 4.68 Å². The van der Waals surface area contributed by atoms with Crippen LogP contribution in [0.5, 0.6) is 0 Å². The topological polar surface area (TPSA) is 61.7 Å². The molecule has 4 rings (SSSR count). The van der Waals surface area contributed by atoms with Crippen LogP contribution in [0, 0.1) is 13.8 Å². The summed E-state index contributed by atoms with van der Waals surface area (Å²) in [6, 6.07) is 11.8. The standard InChI is InChI=1S/C21H20ClN5OS/c1-4-11-26-20(17-10-12-28-15(17)3)23-24-21(26)29-13-18-14(2)25-27(19(18)22)16-8-6-5-7-9-16/h4-10,12H,1,11,13H2,2-3H3. The molecule has 0 aliphatic carbocycles. The third-order valence-electron chi connectivity index (χ3n) is 4.60. The fourth-order valence-electron chi connectivity index (χ4n) is 3.08. The minimum Gasteiger partial charge on any atom is -0.469 e. The number of thioether (sulfide) groups is 1. The molecular formula is C21H20ClN5OS. The van der Waals surface area contributed by atoms with E-state index in [9.17, 15) is 0 Å². The van der Waals surface area contributed by atoms with E-state index in [-0.39, 0.29) is 0 Å². The van der Waals surface area contributed by atoms with Crippen LogP contribution in [0.25, 0.3) is 17.1 Å². The summed E-state index contributed by atoms with van der Waals surface area (Å²) in [7, 11) is 0. The van der Waals surface area contributed by atoms with E-state index >= 15 is 0 Å².